The maximum Gasteiger partial charge on any atom is 0.0745 e. The smallest absolute Gasteiger partial charge is 0.0745 e. The van der Waals surface area contributed by atoms with E-state index in [0.717, 1.165) is 13.0 Å². The van der Waals surface area contributed by atoms with Crippen LogP contribution in [0, 0.1) is 6.92 Å². The third-order valence-corrected chi connectivity index (χ3v) is 3.61. The van der Waals surface area contributed by atoms with Crippen LogP contribution in [-0.2, 0) is 4.74 Å². The lowest BCUT2D eigenvalue weighted by Gasteiger charge is -2.23. The van der Waals surface area contributed by atoms with Crippen LogP contribution in [0.4, 0.5) is 0 Å². The molecule has 0 saturated heterocycles. The molecule has 0 aliphatic rings. The number of rotatable bonds is 6. The molecule has 2 atom stereocenters. The van der Waals surface area contributed by atoms with Gasteiger partial charge in [0.15, 0.2) is 0 Å². The monoisotopic (exact) mass is 227 g/mol. The normalized spacial score (nSPS) is 15.2. The number of aryl methyl sites for hydroxylation is 1. The van der Waals surface area contributed by atoms with Crippen molar-refractivity contribution < 1.29 is 4.74 Å². The molecule has 15 heavy (non-hydrogen) atoms. The Balaban J connectivity index is 2.71. The second-order valence-corrected chi connectivity index (χ2v) is 5.14. The predicted molar refractivity (Wildman–Crippen MR) is 66.6 cm³/mol. The van der Waals surface area contributed by atoms with E-state index in [1.165, 1.54) is 9.75 Å². The summed E-state index contributed by atoms with van der Waals surface area (Å²) in [6, 6.07) is 4.69. The first-order chi connectivity index (χ1) is 7.19. The van der Waals surface area contributed by atoms with Crippen molar-refractivity contribution in [3.8, 4) is 0 Å². The molecule has 1 N–H and O–H groups in total. The molecule has 1 aromatic rings. The summed E-state index contributed by atoms with van der Waals surface area (Å²) in [6.45, 7) is 7.47. The molecule has 0 saturated carbocycles. The maximum absolute atomic E-state index is 5.42. The molecule has 3 heteroatoms. The summed E-state index contributed by atoms with van der Waals surface area (Å²) in [5, 5.41) is 3.54. The van der Waals surface area contributed by atoms with Gasteiger partial charge < -0.3 is 10.1 Å². The molecule has 1 rings (SSSR count). The first-order valence-electron chi connectivity index (χ1n) is 5.51. The van der Waals surface area contributed by atoms with Crippen LogP contribution in [0.2, 0.25) is 0 Å². The van der Waals surface area contributed by atoms with Crippen LogP contribution in [0.1, 0.15) is 36.1 Å². The number of hydrogen-bond acceptors (Lipinski definition) is 3. The van der Waals surface area contributed by atoms with Crippen molar-refractivity contribution in [3.05, 3.63) is 21.9 Å². The average molecular weight is 227 g/mol. The molecule has 2 unspecified atom stereocenters. The zero-order valence-corrected chi connectivity index (χ0v) is 10.9. The van der Waals surface area contributed by atoms with Crippen molar-refractivity contribution >= 4 is 11.3 Å². The summed E-state index contributed by atoms with van der Waals surface area (Å²) in [6.07, 6.45) is 1.37. The fourth-order valence-electron chi connectivity index (χ4n) is 1.55. The summed E-state index contributed by atoms with van der Waals surface area (Å²) in [7, 11) is 1.77. The van der Waals surface area contributed by atoms with E-state index in [4.69, 9.17) is 4.74 Å². The third kappa shape index (κ3) is 3.59. The minimum Gasteiger partial charge on any atom is -0.380 e. The van der Waals surface area contributed by atoms with Crippen molar-refractivity contribution in [2.45, 2.75) is 39.3 Å². The topological polar surface area (TPSA) is 21.3 Å². The van der Waals surface area contributed by atoms with Crippen LogP contribution in [0.3, 0.4) is 0 Å². The van der Waals surface area contributed by atoms with E-state index in [9.17, 15) is 0 Å². The van der Waals surface area contributed by atoms with Crippen molar-refractivity contribution in [3.63, 3.8) is 0 Å². The van der Waals surface area contributed by atoms with Gasteiger partial charge in [-0.1, -0.05) is 6.92 Å². The summed E-state index contributed by atoms with van der Waals surface area (Å²) >= 11 is 1.85. The highest BCUT2D eigenvalue weighted by Gasteiger charge is 2.19. The Morgan fingerprint density at radius 1 is 1.47 bits per heavy atom. The summed E-state index contributed by atoms with van der Waals surface area (Å²) < 4.78 is 5.42. The lowest BCUT2D eigenvalue weighted by Crippen LogP contribution is -2.31. The largest absolute Gasteiger partial charge is 0.380 e. The van der Waals surface area contributed by atoms with Gasteiger partial charge in [-0.05, 0) is 38.9 Å². The van der Waals surface area contributed by atoms with Gasteiger partial charge in [0.25, 0.3) is 0 Å². The second kappa shape index (κ2) is 6.26. The Hall–Kier alpha value is -0.380. The Labute approximate surface area is 96.7 Å². The maximum atomic E-state index is 5.42. The van der Waals surface area contributed by atoms with Gasteiger partial charge in [-0.15, -0.1) is 11.3 Å². The van der Waals surface area contributed by atoms with E-state index >= 15 is 0 Å². The van der Waals surface area contributed by atoms with Gasteiger partial charge in [0, 0.05) is 16.9 Å². The lowest BCUT2D eigenvalue weighted by atomic mass is 10.1. The summed E-state index contributed by atoms with van der Waals surface area (Å²) in [4.78, 5) is 2.73. The van der Waals surface area contributed by atoms with Crippen molar-refractivity contribution in [1.29, 1.82) is 0 Å². The van der Waals surface area contributed by atoms with Crippen LogP contribution >= 0.6 is 11.3 Å². The molecule has 1 aromatic heterocycles. The highest BCUT2D eigenvalue weighted by atomic mass is 32.1. The second-order valence-electron chi connectivity index (χ2n) is 3.82. The predicted octanol–water partition coefficient (Wildman–Crippen LogP) is 3.13. The molecule has 0 spiro atoms. The van der Waals surface area contributed by atoms with Crippen LogP contribution in [0.5, 0.6) is 0 Å². The Morgan fingerprint density at radius 2 is 2.20 bits per heavy atom. The van der Waals surface area contributed by atoms with Gasteiger partial charge >= 0.3 is 0 Å². The van der Waals surface area contributed by atoms with Crippen LogP contribution in [0.15, 0.2) is 12.1 Å². The Kier molecular flexibility index (Phi) is 5.29. The van der Waals surface area contributed by atoms with Crippen molar-refractivity contribution in [1.82, 2.24) is 5.32 Å². The first-order valence-corrected chi connectivity index (χ1v) is 6.33. The van der Waals surface area contributed by atoms with Gasteiger partial charge in [0.2, 0.25) is 0 Å². The quantitative estimate of drug-likeness (QED) is 0.806. The van der Waals surface area contributed by atoms with E-state index in [0.29, 0.717) is 6.04 Å². The van der Waals surface area contributed by atoms with Crippen LogP contribution in [-0.4, -0.2) is 19.8 Å². The Bertz CT molecular complexity index is 285. The van der Waals surface area contributed by atoms with Crippen molar-refractivity contribution in [2.24, 2.45) is 0 Å². The lowest BCUT2D eigenvalue weighted by molar-refractivity contribution is 0.0841. The van der Waals surface area contributed by atoms with E-state index in [2.05, 4.69) is 38.2 Å². The molecule has 0 amide bonds. The molecule has 0 aliphatic carbocycles. The zero-order valence-electron chi connectivity index (χ0n) is 10.0. The molecule has 2 nitrogen and oxygen atoms in total. The highest BCUT2D eigenvalue weighted by molar-refractivity contribution is 7.12. The third-order valence-electron chi connectivity index (χ3n) is 2.52. The number of methoxy groups -OCH3 is 1. The molecular weight excluding hydrogens is 206 g/mol. The molecule has 0 radical (unpaired) electrons. The van der Waals surface area contributed by atoms with Gasteiger partial charge in [-0.25, -0.2) is 0 Å². The van der Waals surface area contributed by atoms with E-state index in [-0.39, 0.29) is 6.10 Å². The van der Waals surface area contributed by atoms with E-state index in [1.54, 1.807) is 7.11 Å². The molecule has 0 aromatic carbocycles. The van der Waals surface area contributed by atoms with Crippen LogP contribution < -0.4 is 5.32 Å². The van der Waals surface area contributed by atoms with Crippen LogP contribution in [0.25, 0.3) is 0 Å². The molecule has 0 fully saturated rings. The molecule has 0 aliphatic heterocycles. The first kappa shape index (κ1) is 12.7. The molecule has 1 heterocycles. The average Bonchev–Trinajstić information content (AvgIpc) is 2.65. The minimum absolute atomic E-state index is 0.217. The minimum atomic E-state index is 0.217. The molecule has 86 valence electrons. The van der Waals surface area contributed by atoms with Gasteiger partial charge in [0.1, 0.15) is 0 Å². The Morgan fingerprint density at radius 3 is 2.67 bits per heavy atom. The molecule has 0 bridgehead atoms. The number of hydrogen-bond donors (Lipinski definition) is 1. The van der Waals surface area contributed by atoms with Crippen molar-refractivity contribution in [2.75, 3.05) is 13.7 Å². The number of ether oxygens (including phenoxy) is 1. The number of nitrogens with one attached hydrogen (secondary N) is 1. The van der Waals surface area contributed by atoms with Gasteiger partial charge in [-0.3, -0.25) is 0 Å². The van der Waals surface area contributed by atoms with Gasteiger partial charge in [-0.2, -0.15) is 0 Å². The molecular formula is C12H21NOS. The zero-order chi connectivity index (χ0) is 11.3. The summed E-state index contributed by atoms with van der Waals surface area (Å²) in [5.41, 5.74) is 0. The highest BCUT2D eigenvalue weighted by Crippen LogP contribution is 2.26. The fraction of sp³-hybridized carbons (Fsp3) is 0.667. The SMILES string of the molecule is CCCNC(c1ccc(C)s1)C(C)OC. The number of thiophene rings is 1. The fourth-order valence-corrected chi connectivity index (χ4v) is 2.60. The van der Waals surface area contributed by atoms with E-state index in [1.807, 2.05) is 11.3 Å². The standard InChI is InChI=1S/C12H21NOS/c1-5-8-13-12(10(3)14-4)11-7-6-9(2)15-11/h6-7,10,12-13H,5,8H2,1-4H3. The summed E-state index contributed by atoms with van der Waals surface area (Å²) in [5.74, 6) is 0. The van der Waals surface area contributed by atoms with E-state index < -0.39 is 0 Å². The van der Waals surface area contributed by atoms with Gasteiger partial charge in [0.05, 0.1) is 12.1 Å².